The molecule has 2 nitrogen and oxygen atoms in total. The second kappa shape index (κ2) is 5.84. The van der Waals surface area contributed by atoms with Crippen LogP contribution in [0.2, 0.25) is 0 Å². The van der Waals surface area contributed by atoms with E-state index in [1.165, 1.54) is 13.8 Å². The van der Waals surface area contributed by atoms with Crippen molar-refractivity contribution >= 4 is 5.97 Å². The van der Waals surface area contributed by atoms with Gasteiger partial charge < -0.3 is 4.74 Å². The largest absolute Gasteiger partial charge is 0.457 e. The van der Waals surface area contributed by atoms with Crippen LogP contribution in [-0.4, -0.2) is 23.9 Å². The first kappa shape index (κ1) is 20.1. The van der Waals surface area contributed by atoms with E-state index in [-0.39, 0.29) is 26.2 Å². The summed E-state index contributed by atoms with van der Waals surface area (Å²) in [6, 6.07) is 0. The molecule has 0 aromatic heterocycles. The molecule has 0 aromatic rings. The number of rotatable bonds is 4. The molecule has 0 aromatic carbocycles. The SMILES string of the molecule is CCC(C)(C)C(=O)OC1(C(C)(C(F)(F)F)C(F)(F)F)CCCC1. The van der Waals surface area contributed by atoms with Crippen molar-refractivity contribution in [1.29, 1.82) is 0 Å². The van der Waals surface area contributed by atoms with Gasteiger partial charge >= 0.3 is 18.3 Å². The van der Waals surface area contributed by atoms with Crippen molar-refractivity contribution in [3.05, 3.63) is 0 Å². The number of esters is 1. The second-order valence-corrected chi connectivity index (χ2v) is 6.95. The number of alkyl halides is 6. The molecule has 136 valence electrons. The molecule has 1 aliphatic rings. The second-order valence-electron chi connectivity index (χ2n) is 6.95. The average molecular weight is 348 g/mol. The van der Waals surface area contributed by atoms with Crippen molar-refractivity contribution in [3.8, 4) is 0 Å². The molecule has 8 heteroatoms. The van der Waals surface area contributed by atoms with Gasteiger partial charge in [0.2, 0.25) is 0 Å². The topological polar surface area (TPSA) is 26.3 Å². The Kier molecular flexibility index (Phi) is 5.11. The Balaban J connectivity index is 3.40. The molecule has 1 fully saturated rings. The molecule has 1 saturated carbocycles. The van der Waals surface area contributed by atoms with E-state index in [0.29, 0.717) is 0 Å². The summed E-state index contributed by atoms with van der Waals surface area (Å²) >= 11 is 0. The van der Waals surface area contributed by atoms with Gasteiger partial charge in [0.1, 0.15) is 5.60 Å². The molecule has 23 heavy (non-hydrogen) atoms. The fourth-order valence-electron chi connectivity index (χ4n) is 2.79. The summed E-state index contributed by atoms with van der Waals surface area (Å²) in [4.78, 5) is 12.2. The van der Waals surface area contributed by atoms with Gasteiger partial charge in [-0.2, -0.15) is 26.3 Å². The molecule has 0 amide bonds. The first-order valence-electron chi connectivity index (χ1n) is 7.51. The lowest BCUT2D eigenvalue weighted by atomic mass is 9.70. The van der Waals surface area contributed by atoms with E-state index in [2.05, 4.69) is 0 Å². The van der Waals surface area contributed by atoms with Crippen LogP contribution in [0.3, 0.4) is 0 Å². The van der Waals surface area contributed by atoms with E-state index >= 15 is 0 Å². The zero-order chi connectivity index (χ0) is 18.3. The van der Waals surface area contributed by atoms with Crippen LogP contribution in [0.15, 0.2) is 0 Å². The molecular weight excluding hydrogens is 326 g/mol. The first-order valence-corrected chi connectivity index (χ1v) is 7.51. The maximum atomic E-state index is 13.4. The highest BCUT2D eigenvalue weighted by Gasteiger charge is 2.78. The third-order valence-corrected chi connectivity index (χ3v) is 5.18. The Morgan fingerprint density at radius 3 is 1.65 bits per heavy atom. The molecule has 0 atom stereocenters. The van der Waals surface area contributed by atoms with Crippen LogP contribution >= 0.6 is 0 Å². The molecule has 0 unspecified atom stereocenters. The molecule has 1 aliphatic carbocycles. The predicted molar refractivity (Wildman–Crippen MR) is 71.6 cm³/mol. The zero-order valence-corrected chi connectivity index (χ0v) is 13.6. The molecule has 0 bridgehead atoms. The van der Waals surface area contributed by atoms with Gasteiger partial charge in [-0.1, -0.05) is 6.92 Å². The minimum absolute atomic E-state index is 0.102. The highest BCUT2D eigenvalue weighted by atomic mass is 19.4. The third-order valence-electron chi connectivity index (χ3n) is 5.18. The molecule has 1 rings (SSSR count). The maximum Gasteiger partial charge on any atom is 0.406 e. The predicted octanol–water partition coefficient (Wildman–Crippen LogP) is 5.41. The Hall–Kier alpha value is -0.950. The van der Waals surface area contributed by atoms with E-state index in [1.807, 2.05) is 0 Å². The Morgan fingerprint density at radius 2 is 1.35 bits per heavy atom. The van der Waals surface area contributed by atoms with Gasteiger partial charge in [0, 0.05) is 0 Å². The van der Waals surface area contributed by atoms with E-state index in [4.69, 9.17) is 4.74 Å². The summed E-state index contributed by atoms with van der Waals surface area (Å²) in [6.45, 7) is 4.60. The van der Waals surface area contributed by atoms with Gasteiger partial charge in [-0.3, -0.25) is 4.79 Å². The van der Waals surface area contributed by atoms with E-state index in [0.717, 1.165) is 0 Å². The van der Waals surface area contributed by atoms with Gasteiger partial charge in [0.05, 0.1) is 5.41 Å². The lowest BCUT2D eigenvalue weighted by Crippen LogP contribution is -2.64. The van der Waals surface area contributed by atoms with Crippen molar-refractivity contribution in [2.24, 2.45) is 10.8 Å². The van der Waals surface area contributed by atoms with Gasteiger partial charge in [0.15, 0.2) is 5.41 Å². The number of halogens is 6. The van der Waals surface area contributed by atoms with Crippen LogP contribution in [0.25, 0.3) is 0 Å². The summed E-state index contributed by atoms with van der Waals surface area (Å²) in [5.74, 6) is -1.03. The fraction of sp³-hybridized carbons (Fsp3) is 0.933. The monoisotopic (exact) mass is 348 g/mol. The van der Waals surface area contributed by atoms with Crippen LogP contribution in [0.5, 0.6) is 0 Å². The minimum Gasteiger partial charge on any atom is -0.457 e. The van der Waals surface area contributed by atoms with Gasteiger partial charge in [-0.05, 0) is 52.9 Å². The van der Waals surface area contributed by atoms with Crippen LogP contribution in [-0.2, 0) is 9.53 Å². The lowest BCUT2D eigenvalue weighted by molar-refractivity contribution is -0.382. The highest BCUT2D eigenvalue weighted by molar-refractivity contribution is 5.76. The van der Waals surface area contributed by atoms with E-state index in [9.17, 15) is 31.1 Å². The fourth-order valence-corrected chi connectivity index (χ4v) is 2.79. The molecular formula is C15H22F6O2. The van der Waals surface area contributed by atoms with Crippen LogP contribution < -0.4 is 0 Å². The molecule has 0 radical (unpaired) electrons. The average Bonchev–Trinajstić information content (AvgIpc) is 2.84. The van der Waals surface area contributed by atoms with Crippen molar-refractivity contribution in [2.45, 2.75) is 77.8 Å². The molecule has 0 saturated heterocycles. The number of carbonyl (C=O) groups is 1. The lowest BCUT2D eigenvalue weighted by Gasteiger charge is -2.47. The Bertz CT molecular complexity index is 430. The van der Waals surface area contributed by atoms with E-state index in [1.54, 1.807) is 6.92 Å². The van der Waals surface area contributed by atoms with Crippen molar-refractivity contribution in [1.82, 2.24) is 0 Å². The van der Waals surface area contributed by atoms with Crippen LogP contribution in [0.4, 0.5) is 26.3 Å². The quantitative estimate of drug-likeness (QED) is 0.502. The first-order chi connectivity index (χ1) is 10.1. The van der Waals surface area contributed by atoms with Crippen molar-refractivity contribution in [2.75, 3.05) is 0 Å². The van der Waals surface area contributed by atoms with Crippen molar-refractivity contribution in [3.63, 3.8) is 0 Å². The summed E-state index contributed by atoms with van der Waals surface area (Å²) in [5, 5.41) is 0. The maximum absolute atomic E-state index is 13.4. The van der Waals surface area contributed by atoms with Crippen LogP contribution in [0.1, 0.15) is 59.8 Å². The zero-order valence-electron chi connectivity index (χ0n) is 13.6. The summed E-state index contributed by atoms with van der Waals surface area (Å²) in [5.41, 5.74) is -7.84. The normalized spacial score (nSPS) is 19.7. The number of hydrogen-bond donors (Lipinski definition) is 0. The standard InChI is InChI=1S/C15H22F6O2/c1-5-11(2,3)10(22)23-13(8-6-7-9-13)12(4,14(16,17)18)15(19,20)21/h5-9H2,1-4H3. The number of ether oxygens (including phenoxy) is 1. The molecule has 0 spiro atoms. The Labute approximate surface area is 131 Å². The summed E-state index contributed by atoms with van der Waals surface area (Å²) in [6.07, 6.45) is -11.5. The van der Waals surface area contributed by atoms with Crippen molar-refractivity contribution < 1.29 is 35.9 Å². The Morgan fingerprint density at radius 1 is 0.957 bits per heavy atom. The van der Waals surface area contributed by atoms with Gasteiger partial charge in [-0.15, -0.1) is 0 Å². The smallest absolute Gasteiger partial charge is 0.406 e. The molecule has 0 heterocycles. The summed E-state index contributed by atoms with van der Waals surface area (Å²) in [7, 11) is 0. The van der Waals surface area contributed by atoms with Gasteiger partial charge in [-0.25, -0.2) is 0 Å². The number of hydrogen-bond acceptors (Lipinski definition) is 2. The minimum atomic E-state index is -5.58. The number of carbonyl (C=O) groups excluding carboxylic acids is 1. The molecule has 0 aliphatic heterocycles. The summed E-state index contributed by atoms with van der Waals surface area (Å²) < 4.78 is 85.5. The highest BCUT2D eigenvalue weighted by Crippen LogP contribution is 2.62. The molecule has 0 N–H and O–H groups in total. The van der Waals surface area contributed by atoms with Crippen LogP contribution in [0, 0.1) is 10.8 Å². The third kappa shape index (κ3) is 3.18. The van der Waals surface area contributed by atoms with E-state index < -0.39 is 47.6 Å². The van der Waals surface area contributed by atoms with Gasteiger partial charge in [0.25, 0.3) is 0 Å².